The number of hydrogen-bond donors (Lipinski definition) is 0. The molecule has 0 spiro atoms. The van der Waals surface area contributed by atoms with E-state index in [1.165, 1.54) is 35.7 Å². The van der Waals surface area contributed by atoms with Crippen LogP contribution in [0.4, 0.5) is 0 Å². The second-order valence-electron chi connectivity index (χ2n) is 3.48. The lowest BCUT2D eigenvalue weighted by Gasteiger charge is -2.03. The number of benzene rings is 1. The first kappa shape index (κ1) is 11.6. The van der Waals surface area contributed by atoms with Gasteiger partial charge in [-0.05, 0) is 43.1 Å². The van der Waals surface area contributed by atoms with E-state index in [0.717, 1.165) is 0 Å². The Morgan fingerprint density at radius 2 is 1.64 bits per heavy atom. The highest BCUT2D eigenvalue weighted by atomic mass is 32.2. The van der Waals surface area contributed by atoms with Gasteiger partial charge in [0.25, 0.3) is 0 Å². The minimum absolute atomic E-state index is 0.688. The molecule has 0 unspecified atom stereocenters. The van der Waals surface area contributed by atoms with Gasteiger partial charge in [-0.15, -0.1) is 0 Å². The maximum Gasteiger partial charge on any atom is 0.108 e. The fourth-order valence-electron chi connectivity index (χ4n) is 1.62. The van der Waals surface area contributed by atoms with E-state index < -0.39 is 0 Å². The van der Waals surface area contributed by atoms with Crippen LogP contribution in [0.25, 0.3) is 0 Å². The molecule has 1 aromatic rings. The fraction of sp³-hybridized carbons (Fsp3) is 0.538. The Morgan fingerprint density at radius 1 is 1.00 bits per heavy atom. The minimum atomic E-state index is 0.688. The zero-order valence-corrected chi connectivity index (χ0v) is 10.1. The molecular weight excluding hydrogens is 188 g/mol. The number of hydrogen-bond acceptors (Lipinski definition) is 0. The topological polar surface area (TPSA) is 0 Å². The summed E-state index contributed by atoms with van der Waals surface area (Å²) >= 11 is 0. The van der Waals surface area contributed by atoms with Crippen molar-refractivity contribution in [3.05, 3.63) is 35.9 Å². The molecular formula is C13H21S+. The Kier molecular flexibility index (Phi) is 5.77. The van der Waals surface area contributed by atoms with Gasteiger partial charge in [-0.2, -0.15) is 0 Å². The van der Waals surface area contributed by atoms with E-state index in [1.54, 1.807) is 0 Å². The molecule has 14 heavy (non-hydrogen) atoms. The Bertz CT molecular complexity index is 226. The van der Waals surface area contributed by atoms with Gasteiger partial charge in [-0.3, -0.25) is 0 Å². The number of aryl methyl sites for hydroxylation is 1. The molecule has 0 saturated carbocycles. The third kappa shape index (κ3) is 4.19. The predicted molar refractivity (Wildman–Crippen MR) is 68.1 cm³/mol. The molecule has 0 bridgehead atoms. The lowest BCUT2D eigenvalue weighted by molar-refractivity contribution is 0.928. The molecule has 0 atom stereocenters. The van der Waals surface area contributed by atoms with Gasteiger partial charge >= 0.3 is 0 Å². The average molecular weight is 209 g/mol. The maximum absolute atomic E-state index is 2.31. The van der Waals surface area contributed by atoms with E-state index in [1.807, 2.05) is 0 Å². The standard InChI is InChI=1S/C13H21S/c1-3-14(4-2)12-8-11-13-9-6-5-7-10-13/h5-7,9-10H,3-4,8,11-12H2,1-2H3/q+1. The molecule has 0 aliphatic heterocycles. The Hall–Kier alpha value is -0.430. The van der Waals surface area contributed by atoms with Gasteiger partial charge in [-0.1, -0.05) is 30.3 Å². The molecule has 0 heterocycles. The summed E-state index contributed by atoms with van der Waals surface area (Å²) in [5.74, 6) is 4.15. The van der Waals surface area contributed by atoms with Crippen LogP contribution in [0.1, 0.15) is 25.8 Å². The van der Waals surface area contributed by atoms with Gasteiger partial charge in [0, 0.05) is 0 Å². The van der Waals surface area contributed by atoms with Gasteiger partial charge in [-0.25, -0.2) is 0 Å². The van der Waals surface area contributed by atoms with Crippen LogP contribution in [0, 0.1) is 0 Å². The maximum atomic E-state index is 2.31. The summed E-state index contributed by atoms with van der Waals surface area (Å²) in [6.07, 6.45) is 2.61. The van der Waals surface area contributed by atoms with E-state index in [2.05, 4.69) is 44.2 Å². The van der Waals surface area contributed by atoms with Crippen molar-refractivity contribution in [3.63, 3.8) is 0 Å². The summed E-state index contributed by atoms with van der Waals surface area (Å²) in [7, 11) is 0.688. The highest BCUT2D eigenvalue weighted by Crippen LogP contribution is 2.05. The summed E-state index contributed by atoms with van der Waals surface area (Å²) in [6.45, 7) is 4.63. The molecule has 0 amide bonds. The van der Waals surface area contributed by atoms with Crippen molar-refractivity contribution >= 4 is 10.9 Å². The number of rotatable bonds is 6. The van der Waals surface area contributed by atoms with Gasteiger partial charge < -0.3 is 0 Å². The molecule has 0 aromatic heterocycles. The van der Waals surface area contributed by atoms with Crippen LogP contribution in [0.5, 0.6) is 0 Å². The molecule has 1 heteroatoms. The van der Waals surface area contributed by atoms with Gasteiger partial charge in [0.05, 0.1) is 0 Å². The van der Waals surface area contributed by atoms with Crippen molar-refractivity contribution in [1.29, 1.82) is 0 Å². The van der Waals surface area contributed by atoms with E-state index in [4.69, 9.17) is 0 Å². The third-order valence-electron chi connectivity index (χ3n) is 2.56. The lowest BCUT2D eigenvalue weighted by Crippen LogP contribution is -2.13. The molecule has 0 saturated heterocycles. The second kappa shape index (κ2) is 6.94. The molecule has 1 rings (SSSR count). The molecule has 1 aromatic carbocycles. The normalized spacial score (nSPS) is 10.8. The molecule has 78 valence electrons. The van der Waals surface area contributed by atoms with E-state index in [0.29, 0.717) is 10.9 Å². The summed E-state index contributed by atoms with van der Waals surface area (Å²) in [4.78, 5) is 0. The van der Waals surface area contributed by atoms with Gasteiger partial charge in [0.2, 0.25) is 0 Å². The first-order valence-corrected chi connectivity index (χ1v) is 7.28. The summed E-state index contributed by atoms with van der Waals surface area (Å²) in [6, 6.07) is 10.8. The average Bonchev–Trinajstić information content (AvgIpc) is 2.26. The van der Waals surface area contributed by atoms with Crippen LogP contribution < -0.4 is 0 Å². The molecule has 0 N–H and O–H groups in total. The Balaban J connectivity index is 2.21. The van der Waals surface area contributed by atoms with Crippen molar-refractivity contribution in [2.75, 3.05) is 17.3 Å². The molecule has 0 nitrogen and oxygen atoms in total. The monoisotopic (exact) mass is 209 g/mol. The summed E-state index contributed by atoms with van der Waals surface area (Å²) < 4.78 is 0. The van der Waals surface area contributed by atoms with Crippen molar-refractivity contribution in [2.45, 2.75) is 26.7 Å². The Labute approximate surface area is 91.1 Å². The fourth-order valence-corrected chi connectivity index (χ4v) is 3.16. The van der Waals surface area contributed by atoms with Crippen molar-refractivity contribution in [2.24, 2.45) is 0 Å². The lowest BCUT2D eigenvalue weighted by atomic mass is 10.1. The van der Waals surface area contributed by atoms with E-state index >= 15 is 0 Å². The summed E-state index contributed by atoms with van der Waals surface area (Å²) in [5, 5.41) is 0. The minimum Gasteiger partial charge on any atom is -0.0622 e. The van der Waals surface area contributed by atoms with Crippen LogP contribution >= 0.6 is 0 Å². The van der Waals surface area contributed by atoms with Crippen LogP contribution in [-0.4, -0.2) is 17.3 Å². The second-order valence-corrected chi connectivity index (χ2v) is 6.27. The van der Waals surface area contributed by atoms with Crippen LogP contribution in [0.2, 0.25) is 0 Å². The van der Waals surface area contributed by atoms with Crippen LogP contribution in [0.3, 0.4) is 0 Å². The van der Waals surface area contributed by atoms with E-state index in [9.17, 15) is 0 Å². The molecule has 0 aliphatic carbocycles. The van der Waals surface area contributed by atoms with Crippen molar-refractivity contribution in [3.8, 4) is 0 Å². The summed E-state index contributed by atoms with van der Waals surface area (Å²) in [5.41, 5.74) is 1.49. The zero-order valence-electron chi connectivity index (χ0n) is 9.33. The van der Waals surface area contributed by atoms with Gasteiger partial charge in [0.1, 0.15) is 17.3 Å². The molecule has 0 aliphatic rings. The largest absolute Gasteiger partial charge is 0.108 e. The first-order chi connectivity index (χ1) is 6.86. The quantitative estimate of drug-likeness (QED) is 0.631. The zero-order chi connectivity index (χ0) is 10.2. The Morgan fingerprint density at radius 3 is 2.21 bits per heavy atom. The third-order valence-corrected chi connectivity index (χ3v) is 5.06. The smallest absolute Gasteiger partial charge is 0.0622 e. The van der Waals surface area contributed by atoms with Crippen LogP contribution in [0.15, 0.2) is 30.3 Å². The molecule has 0 radical (unpaired) electrons. The van der Waals surface area contributed by atoms with Gasteiger partial charge in [0.15, 0.2) is 0 Å². The molecule has 0 fully saturated rings. The van der Waals surface area contributed by atoms with Crippen LogP contribution in [-0.2, 0) is 17.3 Å². The SMILES string of the molecule is CC[S+](CC)CCCc1ccccc1. The predicted octanol–water partition coefficient (Wildman–Crippen LogP) is 3.28. The van der Waals surface area contributed by atoms with Crippen molar-refractivity contribution in [1.82, 2.24) is 0 Å². The highest BCUT2D eigenvalue weighted by molar-refractivity contribution is 7.96. The highest BCUT2D eigenvalue weighted by Gasteiger charge is 2.10. The first-order valence-electron chi connectivity index (χ1n) is 5.54. The van der Waals surface area contributed by atoms with Crippen molar-refractivity contribution < 1.29 is 0 Å². The van der Waals surface area contributed by atoms with E-state index in [-0.39, 0.29) is 0 Å².